The fourth-order valence-corrected chi connectivity index (χ4v) is 1.67. The summed E-state index contributed by atoms with van der Waals surface area (Å²) in [5, 5.41) is 5.63. The van der Waals surface area contributed by atoms with E-state index >= 15 is 0 Å². The Kier molecular flexibility index (Phi) is 5.36. The first-order valence-electron chi connectivity index (χ1n) is 6.25. The molecule has 0 radical (unpaired) electrons. The smallest absolute Gasteiger partial charge is 0.251 e. The second-order valence-corrected chi connectivity index (χ2v) is 4.25. The highest BCUT2D eigenvalue weighted by atomic mass is 16.2. The SMILES string of the molecule is CCC(CC)NC(=O)c1ccc(NC(C)=O)cc1. The lowest BCUT2D eigenvalue weighted by atomic mass is 10.1. The summed E-state index contributed by atoms with van der Waals surface area (Å²) in [4.78, 5) is 22.8. The number of carbonyl (C=O) groups excluding carboxylic acids is 2. The van der Waals surface area contributed by atoms with Crippen LogP contribution in [0.15, 0.2) is 24.3 Å². The number of hydrogen-bond donors (Lipinski definition) is 2. The summed E-state index contributed by atoms with van der Waals surface area (Å²) in [6, 6.07) is 7.09. The molecule has 0 aliphatic rings. The van der Waals surface area contributed by atoms with Gasteiger partial charge in [0, 0.05) is 24.2 Å². The molecular weight excluding hydrogens is 228 g/mol. The van der Waals surface area contributed by atoms with Crippen LogP contribution in [-0.4, -0.2) is 17.9 Å². The van der Waals surface area contributed by atoms with Crippen LogP contribution in [0.25, 0.3) is 0 Å². The number of anilines is 1. The maximum atomic E-state index is 11.9. The van der Waals surface area contributed by atoms with Gasteiger partial charge in [-0.15, -0.1) is 0 Å². The Morgan fingerprint density at radius 2 is 1.67 bits per heavy atom. The first-order chi connectivity index (χ1) is 8.56. The molecule has 1 rings (SSSR count). The average molecular weight is 248 g/mol. The van der Waals surface area contributed by atoms with Gasteiger partial charge in [0.25, 0.3) is 5.91 Å². The van der Waals surface area contributed by atoms with E-state index in [0.29, 0.717) is 11.3 Å². The van der Waals surface area contributed by atoms with Gasteiger partial charge in [0.2, 0.25) is 5.91 Å². The molecule has 1 aromatic carbocycles. The summed E-state index contributed by atoms with van der Waals surface area (Å²) < 4.78 is 0. The van der Waals surface area contributed by atoms with Crippen LogP contribution in [0.2, 0.25) is 0 Å². The predicted octanol–water partition coefficient (Wildman–Crippen LogP) is 2.56. The Labute approximate surface area is 108 Å². The van der Waals surface area contributed by atoms with Gasteiger partial charge in [-0.05, 0) is 37.1 Å². The van der Waals surface area contributed by atoms with Crippen LogP contribution in [0.5, 0.6) is 0 Å². The minimum atomic E-state index is -0.121. The van der Waals surface area contributed by atoms with Gasteiger partial charge in [-0.25, -0.2) is 0 Å². The summed E-state index contributed by atoms with van der Waals surface area (Å²) in [6.07, 6.45) is 1.85. The predicted molar refractivity (Wildman–Crippen MR) is 72.6 cm³/mol. The molecule has 0 saturated heterocycles. The second kappa shape index (κ2) is 6.79. The number of benzene rings is 1. The standard InChI is InChI=1S/C14H20N2O2/c1-4-12(5-2)16-14(18)11-6-8-13(9-7-11)15-10(3)17/h6-9,12H,4-5H2,1-3H3,(H,15,17)(H,16,18). The maximum absolute atomic E-state index is 11.9. The normalized spacial score (nSPS) is 10.2. The molecular formula is C14H20N2O2. The molecule has 4 heteroatoms. The lowest BCUT2D eigenvalue weighted by Gasteiger charge is -2.14. The average Bonchev–Trinajstić information content (AvgIpc) is 2.35. The van der Waals surface area contributed by atoms with Gasteiger partial charge in [-0.2, -0.15) is 0 Å². The van der Waals surface area contributed by atoms with Crippen LogP contribution in [0.1, 0.15) is 44.0 Å². The zero-order valence-corrected chi connectivity index (χ0v) is 11.1. The highest BCUT2D eigenvalue weighted by molar-refractivity contribution is 5.95. The molecule has 2 N–H and O–H groups in total. The second-order valence-electron chi connectivity index (χ2n) is 4.25. The maximum Gasteiger partial charge on any atom is 0.251 e. The van der Waals surface area contributed by atoms with E-state index < -0.39 is 0 Å². The number of hydrogen-bond acceptors (Lipinski definition) is 2. The van der Waals surface area contributed by atoms with Crippen molar-refractivity contribution >= 4 is 17.5 Å². The molecule has 0 unspecified atom stereocenters. The van der Waals surface area contributed by atoms with E-state index in [4.69, 9.17) is 0 Å². The van der Waals surface area contributed by atoms with Crippen molar-refractivity contribution in [1.82, 2.24) is 5.32 Å². The van der Waals surface area contributed by atoms with Gasteiger partial charge < -0.3 is 10.6 Å². The molecule has 4 nitrogen and oxygen atoms in total. The van der Waals surface area contributed by atoms with Crippen LogP contribution in [0.3, 0.4) is 0 Å². The number of rotatable bonds is 5. The third-order valence-corrected chi connectivity index (χ3v) is 2.79. The van der Waals surface area contributed by atoms with Gasteiger partial charge in [0.15, 0.2) is 0 Å². The Morgan fingerprint density at radius 1 is 1.11 bits per heavy atom. The first kappa shape index (κ1) is 14.2. The van der Waals surface area contributed by atoms with Crippen LogP contribution >= 0.6 is 0 Å². The Bertz CT molecular complexity index is 408. The molecule has 18 heavy (non-hydrogen) atoms. The third kappa shape index (κ3) is 4.20. The largest absolute Gasteiger partial charge is 0.349 e. The monoisotopic (exact) mass is 248 g/mol. The van der Waals surface area contributed by atoms with Crippen molar-refractivity contribution in [3.8, 4) is 0 Å². The van der Waals surface area contributed by atoms with E-state index in [1.165, 1.54) is 6.92 Å². The Hall–Kier alpha value is -1.84. The zero-order chi connectivity index (χ0) is 13.5. The molecule has 98 valence electrons. The highest BCUT2D eigenvalue weighted by Crippen LogP contribution is 2.10. The molecule has 0 atom stereocenters. The van der Waals surface area contributed by atoms with Crippen molar-refractivity contribution in [1.29, 1.82) is 0 Å². The van der Waals surface area contributed by atoms with E-state index in [0.717, 1.165) is 12.8 Å². The van der Waals surface area contributed by atoms with Crippen molar-refractivity contribution in [2.24, 2.45) is 0 Å². The van der Waals surface area contributed by atoms with Crippen molar-refractivity contribution in [3.63, 3.8) is 0 Å². The van der Waals surface area contributed by atoms with Gasteiger partial charge in [0.1, 0.15) is 0 Å². The molecule has 0 heterocycles. The molecule has 0 aliphatic heterocycles. The van der Waals surface area contributed by atoms with E-state index in [9.17, 15) is 9.59 Å². The van der Waals surface area contributed by atoms with Crippen LogP contribution in [-0.2, 0) is 4.79 Å². The fourth-order valence-electron chi connectivity index (χ4n) is 1.67. The topological polar surface area (TPSA) is 58.2 Å². The fraction of sp³-hybridized carbons (Fsp3) is 0.429. The Morgan fingerprint density at radius 3 is 2.11 bits per heavy atom. The van der Waals surface area contributed by atoms with E-state index in [1.807, 2.05) is 13.8 Å². The van der Waals surface area contributed by atoms with Crippen molar-refractivity contribution in [3.05, 3.63) is 29.8 Å². The molecule has 0 saturated carbocycles. The number of nitrogens with one attached hydrogen (secondary N) is 2. The Balaban J connectivity index is 2.67. The van der Waals surface area contributed by atoms with E-state index in [1.54, 1.807) is 24.3 Å². The molecule has 1 aromatic rings. The molecule has 0 aromatic heterocycles. The van der Waals surface area contributed by atoms with Crippen molar-refractivity contribution in [2.75, 3.05) is 5.32 Å². The zero-order valence-electron chi connectivity index (χ0n) is 11.1. The minimum Gasteiger partial charge on any atom is -0.349 e. The minimum absolute atomic E-state index is 0.0712. The van der Waals surface area contributed by atoms with Gasteiger partial charge in [0.05, 0.1) is 0 Å². The van der Waals surface area contributed by atoms with Crippen LogP contribution < -0.4 is 10.6 Å². The summed E-state index contributed by atoms with van der Waals surface area (Å²) >= 11 is 0. The van der Waals surface area contributed by atoms with Crippen LogP contribution in [0.4, 0.5) is 5.69 Å². The van der Waals surface area contributed by atoms with Gasteiger partial charge >= 0.3 is 0 Å². The lowest BCUT2D eigenvalue weighted by Crippen LogP contribution is -2.33. The first-order valence-corrected chi connectivity index (χ1v) is 6.25. The molecule has 0 spiro atoms. The summed E-state index contributed by atoms with van der Waals surface area (Å²) in [5.74, 6) is -0.192. The van der Waals surface area contributed by atoms with Crippen molar-refractivity contribution in [2.45, 2.75) is 39.7 Å². The summed E-state index contributed by atoms with van der Waals surface area (Å²) in [7, 11) is 0. The lowest BCUT2D eigenvalue weighted by molar-refractivity contribution is -0.114. The molecule has 2 amide bonds. The highest BCUT2D eigenvalue weighted by Gasteiger charge is 2.10. The number of amides is 2. The molecule has 0 bridgehead atoms. The third-order valence-electron chi connectivity index (χ3n) is 2.79. The van der Waals surface area contributed by atoms with Gasteiger partial charge in [-0.1, -0.05) is 13.8 Å². The van der Waals surface area contributed by atoms with Gasteiger partial charge in [-0.3, -0.25) is 9.59 Å². The van der Waals surface area contributed by atoms with E-state index in [2.05, 4.69) is 10.6 Å². The van der Waals surface area contributed by atoms with Crippen LogP contribution in [0, 0.1) is 0 Å². The molecule has 0 fully saturated rings. The molecule has 0 aliphatic carbocycles. The summed E-state index contributed by atoms with van der Waals surface area (Å²) in [6.45, 7) is 5.55. The van der Waals surface area contributed by atoms with Crippen molar-refractivity contribution < 1.29 is 9.59 Å². The summed E-state index contributed by atoms with van der Waals surface area (Å²) in [5.41, 5.74) is 1.30. The quantitative estimate of drug-likeness (QED) is 0.841. The van der Waals surface area contributed by atoms with E-state index in [-0.39, 0.29) is 17.9 Å². The number of carbonyl (C=O) groups is 2.